The van der Waals surface area contributed by atoms with Crippen LogP contribution in [0.2, 0.25) is 0 Å². The largest absolute Gasteiger partial charge is 0.497 e. The molecule has 0 saturated carbocycles. The Bertz CT molecular complexity index is 696. The van der Waals surface area contributed by atoms with E-state index >= 15 is 0 Å². The molecular weight excluding hydrogens is 344 g/mol. The lowest BCUT2D eigenvalue weighted by atomic mass is 9.65. The quantitative estimate of drug-likeness (QED) is 0.612. The number of unbranched alkanes of at least 4 members (excludes halogenated alkanes) is 1. The zero-order valence-corrected chi connectivity index (χ0v) is 19.0. The Morgan fingerprint density at radius 1 is 1.04 bits per heavy atom. The Morgan fingerprint density at radius 3 is 2.36 bits per heavy atom. The van der Waals surface area contributed by atoms with Crippen molar-refractivity contribution < 1.29 is 4.74 Å². The summed E-state index contributed by atoms with van der Waals surface area (Å²) in [5, 5.41) is 0. The average molecular weight is 385 g/mol. The molecule has 156 valence electrons. The first-order chi connectivity index (χ1) is 13.2. The van der Waals surface area contributed by atoms with Crippen molar-refractivity contribution in [1.29, 1.82) is 0 Å². The monoisotopic (exact) mass is 384 g/mol. The van der Waals surface area contributed by atoms with Crippen LogP contribution in [0.3, 0.4) is 0 Å². The molecule has 1 saturated heterocycles. The minimum absolute atomic E-state index is 0.243. The lowest BCUT2D eigenvalue weighted by Gasteiger charge is -2.41. The van der Waals surface area contributed by atoms with Gasteiger partial charge in [0.05, 0.1) is 7.11 Å². The maximum Gasteiger partial charge on any atom is 0.120 e. The highest BCUT2D eigenvalue weighted by Gasteiger charge is 2.34. The molecule has 0 N–H and O–H groups in total. The zero-order chi connectivity index (χ0) is 20.4. The third kappa shape index (κ3) is 5.11. The van der Waals surface area contributed by atoms with Crippen molar-refractivity contribution in [3.8, 4) is 5.75 Å². The van der Waals surface area contributed by atoms with Crippen molar-refractivity contribution in [2.24, 2.45) is 10.8 Å². The number of allylic oxidation sites excluding steroid dienone is 2. The van der Waals surface area contributed by atoms with E-state index in [0.717, 1.165) is 38.3 Å². The van der Waals surface area contributed by atoms with E-state index in [0.29, 0.717) is 5.41 Å². The molecule has 0 bridgehead atoms. The summed E-state index contributed by atoms with van der Waals surface area (Å²) in [6.07, 6.45) is 7.50. The van der Waals surface area contributed by atoms with Crippen molar-refractivity contribution in [3.63, 3.8) is 0 Å². The molecule has 1 fully saturated rings. The molecule has 0 aromatic heterocycles. The van der Waals surface area contributed by atoms with Crippen LogP contribution >= 0.6 is 0 Å². The van der Waals surface area contributed by atoms with Crippen molar-refractivity contribution in [2.75, 3.05) is 44.7 Å². The number of nitrogens with zero attached hydrogens (tertiary/aromatic N) is 2. The molecule has 1 heterocycles. The lowest BCUT2D eigenvalue weighted by molar-refractivity contribution is 0.228. The summed E-state index contributed by atoms with van der Waals surface area (Å²) in [6, 6.07) is 6.68. The summed E-state index contributed by atoms with van der Waals surface area (Å²) in [6.45, 7) is 17.6. The van der Waals surface area contributed by atoms with E-state index in [4.69, 9.17) is 4.74 Å². The first-order valence-corrected chi connectivity index (χ1v) is 11.1. The van der Waals surface area contributed by atoms with Crippen LogP contribution in [0.15, 0.2) is 24.3 Å². The Kier molecular flexibility index (Phi) is 6.44. The van der Waals surface area contributed by atoms with Gasteiger partial charge in [0.15, 0.2) is 0 Å². The molecule has 3 nitrogen and oxygen atoms in total. The van der Waals surface area contributed by atoms with E-state index in [1.807, 2.05) is 0 Å². The molecule has 3 rings (SSSR count). The van der Waals surface area contributed by atoms with Crippen molar-refractivity contribution in [2.45, 2.75) is 60.3 Å². The van der Waals surface area contributed by atoms with Gasteiger partial charge >= 0.3 is 0 Å². The van der Waals surface area contributed by atoms with Crippen LogP contribution in [0, 0.1) is 10.8 Å². The van der Waals surface area contributed by atoms with E-state index in [2.05, 4.69) is 68.7 Å². The fourth-order valence-corrected chi connectivity index (χ4v) is 5.32. The van der Waals surface area contributed by atoms with Gasteiger partial charge in [0, 0.05) is 43.5 Å². The fourth-order valence-electron chi connectivity index (χ4n) is 5.32. The third-order valence-electron chi connectivity index (χ3n) is 6.26. The highest BCUT2D eigenvalue weighted by molar-refractivity contribution is 5.79. The third-order valence-corrected chi connectivity index (χ3v) is 6.26. The minimum atomic E-state index is 0.243. The molecule has 2 aliphatic rings. The van der Waals surface area contributed by atoms with Crippen LogP contribution in [-0.2, 0) is 0 Å². The summed E-state index contributed by atoms with van der Waals surface area (Å²) < 4.78 is 5.59. The molecule has 1 aromatic rings. The van der Waals surface area contributed by atoms with Gasteiger partial charge in [0.25, 0.3) is 0 Å². The zero-order valence-electron chi connectivity index (χ0n) is 19.0. The number of hydrogen-bond donors (Lipinski definition) is 0. The second kappa shape index (κ2) is 8.49. The topological polar surface area (TPSA) is 15.7 Å². The molecule has 1 aliphatic heterocycles. The molecule has 0 unspecified atom stereocenters. The second-order valence-corrected chi connectivity index (χ2v) is 10.2. The number of hydrogen-bond acceptors (Lipinski definition) is 3. The van der Waals surface area contributed by atoms with E-state index in [1.165, 1.54) is 42.6 Å². The Hall–Kier alpha value is -1.48. The Labute approximate surface area is 172 Å². The van der Waals surface area contributed by atoms with Crippen LogP contribution in [-0.4, -0.2) is 44.7 Å². The van der Waals surface area contributed by atoms with Crippen LogP contribution in [0.1, 0.15) is 65.9 Å². The first-order valence-electron chi connectivity index (χ1n) is 11.1. The molecule has 0 radical (unpaired) electrons. The van der Waals surface area contributed by atoms with Gasteiger partial charge in [0.2, 0.25) is 0 Å². The summed E-state index contributed by atoms with van der Waals surface area (Å²) in [5.74, 6) is 0.960. The van der Waals surface area contributed by atoms with Gasteiger partial charge in [-0.1, -0.05) is 47.1 Å². The van der Waals surface area contributed by atoms with E-state index < -0.39 is 0 Å². The number of methoxy groups -OCH3 is 1. The summed E-state index contributed by atoms with van der Waals surface area (Å²) in [4.78, 5) is 5.20. The van der Waals surface area contributed by atoms with Crippen LogP contribution in [0.4, 0.5) is 5.69 Å². The van der Waals surface area contributed by atoms with Crippen LogP contribution in [0.5, 0.6) is 5.75 Å². The SMILES string of the molecule is CCCCN1CCN(c2cc(OC)ccc2C2=CC(C)(C)CC(C)(C)C2)CC1. The van der Waals surface area contributed by atoms with Crippen molar-refractivity contribution in [1.82, 2.24) is 4.90 Å². The van der Waals surface area contributed by atoms with Gasteiger partial charge in [0.1, 0.15) is 5.75 Å². The van der Waals surface area contributed by atoms with E-state index in [9.17, 15) is 0 Å². The number of ether oxygens (including phenoxy) is 1. The fraction of sp³-hybridized carbons (Fsp3) is 0.680. The maximum absolute atomic E-state index is 5.59. The molecule has 28 heavy (non-hydrogen) atoms. The molecule has 1 aliphatic carbocycles. The number of piperazine rings is 1. The van der Waals surface area contributed by atoms with E-state index in [-0.39, 0.29) is 5.41 Å². The summed E-state index contributed by atoms with van der Waals surface area (Å²) >= 11 is 0. The van der Waals surface area contributed by atoms with Crippen molar-refractivity contribution in [3.05, 3.63) is 29.8 Å². The second-order valence-electron chi connectivity index (χ2n) is 10.2. The maximum atomic E-state index is 5.59. The number of anilines is 1. The van der Waals surface area contributed by atoms with Gasteiger partial charge < -0.3 is 9.64 Å². The predicted octanol–water partition coefficient (Wildman–Crippen LogP) is 5.85. The number of rotatable bonds is 6. The van der Waals surface area contributed by atoms with Gasteiger partial charge in [-0.2, -0.15) is 0 Å². The standard InChI is InChI=1S/C25H40N2O/c1-7-8-11-26-12-14-27(15-13-26)23-16-21(28-6)9-10-22(23)20-17-24(2,3)19-25(4,5)18-20/h9-10,16-17H,7-8,11-15,18-19H2,1-6H3. The molecule has 0 amide bonds. The summed E-state index contributed by atoms with van der Waals surface area (Å²) in [5.41, 5.74) is 4.85. The smallest absolute Gasteiger partial charge is 0.120 e. The molecular formula is C25H40N2O. The summed E-state index contributed by atoms with van der Waals surface area (Å²) in [7, 11) is 1.77. The first kappa shape index (κ1) is 21.2. The normalized spacial score (nSPS) is 22.1. The van der Waals surface area contributed by atoms with Gasteiger partial charge in [-0.25, -0.2) is 0 Å². The Balaban J connectivity index is 1.88. The van der Waals surface area contributed by atoms with Crippen LogP contribution < -0.4 is 9.64 Å². The van der Waals surface area contributed by atoms with Crippen molar-refractivity contribution >= 4 is 11.3 Å². The average Bonchev–Trinajstić information content (AvgIpc) is 2.64. The Morgan fingerprint density at radius 2 is 1.75 bits per heavy atom. The van der Waals surface area contributed by atoms with Crippen LogP contribution in [0.25, 0.3) is 5.57 Å². The highest BCUT2D eigenvalue weighted by atomic mass is 16.5. The predicted molar refractivity (Wildman–Crippen MR) is 121 cm³/mol. The van der Waals surface area contributed by atoms with E-state index in [1.54, 1.807) is 7.11 Å². The minimum Gasteiger partial charge on any atom is -0.497 e. The molecule has 1 aromatic carbocycles. The van der Waals surface area contributed by atoms with Gasteiger partial charge in [-0.3, -0.25) is 4.90 Å². The van der Waals surface area contributed by atoms with Gasteiger partial charge in [-0.05, 0) is 54.3 Å². The molecule has 0 spiro atoms. The lowest BCUT2D eigenvalue weighted by Crippen LogP contribution is -2.47. The molecule has 3 heteroatoms. The highest BCUT2D eigenvalue weighted by Crippen LogP contribution is 2.49. The number of benzene rings is 1. The molecule has 0 atom stereocenters. The van der Waals surface area contributed by atoms with Gasteiger partial charge in [-0.15, -0.1) is 0 Å².